The summed E-state index contributed by atoms with van der Waals surface area (Å²) in [7, 11) is 1.59. The van der Waals surface area contributed by atoms with Crippen LogP contribution in [0.25, 0.3) is 0 Å². The standard InChI is InChI=1S/C20H20ClFN4O/c1-13-11-19(25-17-12-15(21)7-8-18(17)27-2)26-20(24-13)23-10-9-14-5-3-4-6-16(14)22/h3-8,11-12H,9-10H2,1-2H3,(H2,23,24,25,26). The molecule has 2 N–H and O–H groups in total. The van der Waals surface area contributed by atoms with Gasteiger partial charge in [0, 0.05) is 23.3 Å². The van der Waals surface area contributed by atoms with E-state index in [0.717, 1.165) is 5.69 Å². The highest BCUT2D eigenvalue weighted by molar-refractivity contribution is 6.31. The van der Waals surface area contributed by atoms with Gasteiger partial charge in [-0.25, -0.2) is 9.37 Å². The third-order valence-electron chi connectivity index (χ3n) is 3.91. The predicted octanol–water partition coefficient (Wildman–Crippen LogP) is 4.98. The van der Waals surface area contributed by atoms with Gasteiger partial charge in [0.1, 0.15) is 17.4 Å². The fourth-order valence-corrected chi connectivity index (χ4v) is 2.81. The number of methoxy groups -OCH3 is 1. The first-order chi connectivity index (χ1) is 13.0. The second-order valence-electron chi connectivity index (χ2n) is 5.96. The van der Waals surface area contributed by atoms with E-state index >= 15 is 0 Å². The normalized spacial score (nSPS) is 10.5. The Balaban J connectivity index is 1.71. The van der Waals surface area contributed by atoms with Crippen molar-refractivity contribution in [3.63, 3.8) is 0 Å². The fourth-order valence-electron chi connectivity index (χ4n) is 2.64. The number of nitrogens with zero attached hydrogens (tertiary/aromatic N) is 2. The zero-order valence-electron chi connectivity index (χ0n) is 15.1. The lowest BCUT2D eigenvalue weighted by Gasteiger charge is -2.13. The third-order valence-corrected chi connectivity index (χ3v) is 4.15. The molecular formula is C20H20ClFN4O. The van der Waals surface area contributed by atoms with E-state index in [4.69, 9.17) is 16.3 Å². The molecule has 0 saturated carbocycles. The Bertz CT molecular complexity index is 936. The van der Waals surface area contributed by atoms with Gasteiger partial charge in [-0.05, 0) is 43.2 Å². The lowest BCUT2D eigenvalue weighted by molar-refractivity contribution is 0.417. The largest absolute Gasteiger partial charge is 0.495 e. The molecule has 7 heteroatoms. The number of anilines is 3. The number of aromatic nitrogens is 2. The van der Waals surface area contributed by atoms with Gasteiger partial charge < -0.3 is 15.4 Å². The van der Waals surface area contributed by atoms with Crippen molar-refractivity contribution >= 4 is 29.1 Å². The van der Waals surface area contributed by atoms with Crippen molar-refractivity contribution in [2.24, 2.45) is 0 Å². The molecule has 0 spiro atoms. The van der Waals surface area contributed by atoms with Crippen LogP contribution in [0.3, 0.4) is 0 Å². The Morgan fingerprint density at radius 3 is 2.70 bits per heavy atom. The number of aryl methyl sites for hydroxylation is 1. The monoisotopic (exact) mass is 386 g/mol. The van der Waals surface area contributed by atoms with Crippen molar-refractivity contribution < 1.29 is 9.13 Å². The number of rotatable bonds is 7. The van der Waals surface area contributed by atoms with Crippen LogP contribution in [0, 0.1) is 12.7 Å². The molecule has 3 aromatic rings. The van der Waals surface area contributed by atoms with Crippen molar-refractivity contribution in [2.45, 2.75) is 13.3 Å². The zero-order chi connectivity index (χ0) is 19.2. The lowest BCUT2D eigenvalue weighted by Crippen LogP contribution is -2.10. The molecule has 140 valence electrons. The van der Waals surface area contributed by atoms with Crippen LogP contribution in [0.4, 0.5) is 21.8 Å². The minimum Gasteiger partial charge on any atom is -0.495 e. The number of hydrogen-bond donors (Lipinski definition) is 2. The molecule has 0 aliphatic rings. The number of benzene rings is 2. The van der Waals surface area contributed by atoms with E-state index < -0.39 is 0 Å². The highest BCUT2D eigenvalue weighted by Crippen LogP contribution is 2.30. The van der Waals surface area contributed by atoms with E-state index in [9.17, 15) is 4.39 Å². The predicted molar refractivity (Wildman–Crippen MR) is 107 cm³/mol. The van der Waals surface area contributed by atoms with Crippen molar-refractivity contribution in [2.75, 3.05) is 24.3 Å². The van der Waals surface area contributed by atoms with Gasteiger partial charge in [-0.2, -0.15) is 4.98 Å². The summed E-state index contributed by atoms with van der Waals surface area (Å²) in [5, 5.41) is 6.93. The second-order valence-corrected chi connectivity index (χ2v) is 6.39. The van der Waals surface area contributed by atoms with Crippen LogP contribution in [0.15, 0.2) is 48.5 Å². The summed E-state index contributed by atoms with van der Waals surface area (Å²) in [5.41, 5.74) is 2.15. The SMILES string of the molecule is COc1ccc(Cl)cc1Nc1cc(C)nc(NCCc2ccccc2F)n1. The minimum atomic E-state index is -0.208. The molecule has 0 unspecified atom stereocenters. The molecule has 3 rings (SSSR count). The second kappa shape index (κ2) is 8.68. The van der Waals surface area contributed by atoms with Gasteiger partial charge in [0.05, 0.1) is 12.8 Å². The van der Waals surface area contributed by atoms with Crippen molar-refractivity contribution in [3.8, 4) is 5.75 Å². The molecule has 0 amide bonds. The Labute approximate surface area is 162 Å². The smallest absolute Gasteiger partial charge is 0.224 e. The van der Waals surface area contributed by atoms with E-state index in [0.29, 0.717) is 46.8 Å². The molecule has 5 nitrogen and oxygen atoms in total. The number of ether oxygens (including phenoxy) is 1. The van der Waals surface area contributed by atoms with E-state index in [1.165, 1.54) is 6.07 Å². The Morgan fingerprint density at radius 1 is 1.11 bits per heavy atom. The Morgan fingerprint density at radius 2 is 1.93 bits per heavy atom. The molecule has 0 radical (unpaired) electrons. The highest BCUT2D eigenvalue weighted by Gasteiger charge is 2.08. The molecule has 27 heavy (non-hydrogen) atoms. The van der Waals surface area contributed by atoms with Crippen LogP contribution >= 0.6 is 11.6 Å². The Kier molecular flexibility index (Phi) is 6.08. The summed E-state index contributed by atoms with van der Waals surface area (Å²) in [6.07, 6.45) is 0.537. The maximum Gasteiger partial charge on any atom is 0.224 e. The van der Waals surface area contributed by atoms with E-state index in [1.807, 2.05) is 19.1 Å². The summed E-state index contributed by atoms with van der Waals surface area (Å²) in [6.45, 7) is 2.40. The molecular weight excluding hydrogens is 367 g/mol. The van der Waals surface area contributed by atoms with Crippen molar-refractivity contribution in [3.05, 3.63) is 70.6 Å². The van der Waals surface area contributed by atoms with Gasteiger partial charge in [-0.1, -0.05) is 29.8 Å². The van der Waals surface area contributed by atoms with Crippen molar-refractivity contribution in [1.82, 2.24) is 9.97 Å². The van der Waals surface area contributed by atoms with Gasteiger partial charge in [0.15, 0.2) is 0 Å². The highest BCUT2D eigenvalue weighted by atomic mass is 35.5. The molecule has 1 aromatic heterocycles. The lowest BCUT2D eigenvalue weighted by atomic mass is 10.1. The Hall–Kier alpha value is -2.86. The average Bonchev–Trinajstić information content (AvgIpc) is 2.63. The van der Waals surface area contributed by atoms with Crippen LogP contribution < -0.4 is 15.4 Å². The van der Waals surface area contributed by atoms with Crippen LogP contribution in [-0.4, -0.2) is 23.6 Å². The summed E-state index contributed by atoms with van der Waals surface area (Å²) < 4.78 is 19.0. The molecule has 0 aliphatic heterocycles. The van der Waals surface area contributed by atoms with Gasteiger partial charge in [0.25, 0.3) is 0 Å². The minimum absolute atomic E-state index is 0.208. The van der Waals surface area contributed by atoms with E-state index in [1.54, 1.807) is 37.4 Å². The molecule has 2 aromatic carbocycles. The number of halogens is 2. The van der Waals surface area contributed by atoms with Gasteiger partial charge in [-0.3, -0.25) is 0 Å². The van der Waals surface area contributed by atoms with Gasteiger partial charge in [0.2, 0.25) is 5.95 Å². The first kappa shape index (κ1) is 18.9. The quantitative estimate of drug-likeness (QED) is 0.599. The summed E-state index contributed by atoms with van der Waals surface area (Å²) >= 11 is 6.07. The van der Waals surface area contributed by atoms with Crippen LogP contribution in [-0.2, 0) is 6.42 Å². The van der Waals surface area contributed by atoms with Crippen LogP contribution in [0.5, 0.6) is 5.75 Å². The zero-order valence-corrected chi connectivity index (χ0v) is 15.8. The van der Waals surface area contributed by atoms with Gasteiger partial charge >= 0.3 is 0 Å². The maximum atomic E-state index is 13.7. The van der Waals surface area contributed by atoms with E-state index in [-0.39, 0.29) is 5.82 Å². The summed E-state index contributed by atoms with van der Waals surface area (Å²) in [5.74, 6) is 1.52. The number of hydrogen-bond acceptors (Lipinski definition) is 5. The molecule has 0 fully saturated rings. The van der Waals surface area contributed by atoms with Crippen molar-refractivity contribution in [1.29, 1.82) is 0 Å². The maximum absolute atomic E-state index is 13.7. The molecule has 0 aliphatic carbocycles. The summed E-state index contributed by atoms with van der Waals surface area (Å²) in [6, 6.07) is 13.9. The van der Waals surface area contributed by atoms with Gasteiger partial charge in [-0.15, -0.1) is 0 Å². The molecule has 0 atom stereocenters. The first-order valence-electron chi connectivity index (χ1n) is 8.48. The first-order valence-corrected chi connectivity index (χ1v) is 8.86. The molecule has 0 bridgehead atoms. The molecule has 0 saturated heterocycles. The van der Waals surface area contributed by atoms with E-state index in [2.05, 4.69) is 20.6 Å². The third kappa shape index (κ3) is 5.08. The topological polar surface area (TPSA) is 59.1 Å². The fraction of sp³-hybridized carbons (Fsp3) is 0.200. The van der Waals surface area contributed by atoms with Crippen LogP contribution in [0.1, 0.15) is 11.3 Å². The average molecular weight is 387 g/mol. The molecule has 1 heterocycles. The number of nitrogens with one attached hydrogen (secondary N) is 2. The van der Waals surface area contributed by atoms with Crippen LogP contribution in [0.2, 0.25) is 5.02 Å². The summed E-state index contributed by atoms with van der Waals surface area (Å²) in [4.78, 5) is 8.84.